The lowest BCUT2D eigenvalue weighted by molar-refractivity contribution is 0.0303. The number of rotatable bonds is 7. The molecular weight excluding hydrogens is 438 g/mol. The van der Waals surface area contributed by atoms with Gasteiger partial charge in [-0.15, -0.1) is 0 Å². The highest BCUT2D eigenvalue weighted by molar-refractivity contribution is 6.32. The second kappa shape index (κ2) is 10.3. The first-order valence-electron chi connectivity index (χ1n) is 10.5. The Morgan fingerprint density at radius 2 is 1.88 bits per heavy atom. The molecule has 1 saturated heterocycles. The summed E-state index contributed by atoms with van der Waals surface area (Å²) >= 11 is 6.39. The van der Waals surface area contributed by atoms with Gasteiger partial charge in [-0.1, -0.05) is 36.9 Å². The number of amides is 1. The zero-order chi connectivity index (χ0) is 23.2. The smallest absolute Gasteiger partial charge is 0.254 e. The van der Waals surface area contributed by atoms with Crippen LogP contribution in [0.3, 0.4) is 0 Å². The quantitative estimate of drug-likeness (QED) is 0.475. The number of nitrogens with zero attached hydrogens (tertiary/aromatic N) is 3. The average molecular weight is 462 g/mol. The summed E-state index contributed by atoms with van der Waals surface area (Å²) in [6.45, 7) is 9.94. The van der Waals surface area contributed by atoms with E-state index in [-0.39, 0.29) is 5.91 Å². The third-order valence-corrected chi connectivity index (χ3v) is 5.39. The summed E-state index contributed by atoms with van der Waals surface area (Å²) < 4.78 is 5.31. The van der Waals surface area contributed by atoms with Crippen LogP contribution in [0, 0.1) is 0 Å². The van der Waals surface area contributed by atoms with Crippen LogP contribution < -0.4 is 10.6 Å². The number of nitrogens with one attached hydrogen (secondary N) is 2. The maximum atomic E-state index is 12.6. The van der Waals surface area contributed by atoms with Crippen molar-refractivity contribution in [1.82, 2.24) is 14.9 Å². The minimum Gasteiger partial charge on any atom is -0.378 e. The molecule has 2 aromatic carbocycles. The summed E-state index contributed by atoms with van der Waals surface area (Å²) in [7, 11) is 0. The Morgan fingerprint density at radius 1 is 1.12 bits per heavy atom. The summed E-state index contributed by atoms with van der Waals surface area (Å²) in [4.78, 5) is 23.3. The van der Waals surface area contributed by atoms with Gasteiger partial charge in [0.2, 0.25) is 5.95 Å². The molecule has 4 rings (SSSR count). The number of hydrogen-bond donors (Lipinski definition) is 2. The van der Waals surface area contributed by atoms with Gasteiger partial charge < -0.3 is 20.3 Å². The fourth-order valence-electron chi connectivity index (χ4n) is 3.38. The molecule has 7 nitrogen and oxygen atoms in total. The minimum absolute atomic E-state index is 0.00232. The standard InChI is InChI=1S/C25H24ClN5O2/c1-3-17(2)28-21-6-4-5-19(15-21)23-22(26)16-27-25(30-23)29-20-9-7-18(8-10-20)24(32)31-11-13-33-14-12-31/h3-10,15-16,28H,1-2,11-14H2,(H,27,29,30). The van der Waals surface area contributed by atoms with E-state index < -0.39 is 0 Å². The number of halogens is 1. The first-order valence-corrected chi connectivity index (χ1v) is 10.9. The average Bonchev–Trinajstić information content (AvgIpc) is 2.86. The number of benzene rings is 2. The Morgan fingerprint density at radius 3 is 2.61 bits per heavy atom. The van der Waals surface area contributed by atoms with Crippen molar-refractivity contribution in [3.63, 3.8) is 0 Å². The first-order chi connectivity index (χ1) is 16.0. The molecule has 33 heavy (non-hydrogen) atoms. The first kappa shape index (κ1) is 22.5. The fourth-order valence-corrected chi connectivity index (χ4v) is 3.58. The topological polar surface area (TPSA) is 79.4 Å². The second-order valence-corrected chi connectivity index (χ2v) is 7.84. The van der Waals surface area contributed by atoms with E-state index in [0.29, 0.717) is 54.2 Å². The predicted molar refractivity (Wildman–Crippen MR) is 132 cm³/mol. The van der Waals surface area contributed by atoms with Crippen molar-refractivity contribution in [3.8, 4) is 11.3 Å². The zero-order valence-corrected chi connectivity index (χ0v) is 18.8. The number of ether oxygens (including phenoxy) is 1. The Kier molecular flexibility index (Phi) is 7.02. The lowest BCUT2D eigenvalue weighted by atomic mass is 10.1. The Hall–Kier alpha value is -3.68. The molecule has 1 aliphatic heterocycles. The Labute approximate surface area is 197 Å². The van der Waals surface area contributed by atoms with Crippen LogP contribution in [0.5, 0.6) is 0 Å². The van der Waals surface area contributed by atoms with Gasteiger partial charge in [0.25, 0.3) is 5.91 Å². The molecule has 2 heterocycles. The van der Waals surface area contributed by atoms with Crippen molar-refractivity contribution >= 4 is 34.8 Å². The van der Waals surface area contributed by atoms with Crippen molar-refractivity contribution in [1.29, 1.82) is 0 Å². The highest BCUT2D eigenvalue weighted by atomic mass is 35.5. The van der Waals surface area contributed by atoms with Crippen molar-refractivity contribution in [3.05, 3.63) is 90.2 Å². The van der Waals surface area contributed by atoms with Crippen LogP contribution in [0.25, 0.3) is 11.3 Å². The number of allylic oxidation sites excluding steroid dienone is 1. The van der Waals surface area contributed by atoms with Gasteiger partial charge in [0, 0.05) is 41.3 Å². The molecule has 1 aromatic heterocycles. The molecule has 0 bridgehead atoms. The number of carbonyl (C=O) groups is 1. The maximum Gasteiger partial charge on any atom is 0.254 e. The molecule has 2 N–H and O–H groups in total. The third kappa shape index (κ3) is 5.58. The van der Waals surface area contributed by atoms with Crippen LogP contribution >= 0.6 is 11.6 Å². The minimum atomic E-state index is 0.00232. The van der Waals surface area contributed by atoms with Crippen molar-refractivity contribution in [2.24, 2.45) is 0 Å². The number of morpholine rings is 1. The molecule has 0 saturated carbocycles. The maximum absolute atomic E-state index is 12.6. The molecule has 8 heteroatoms. The molecule has 3 aromatic rings. The molecule has 0 aliphatic carbocycles. The molecule has 0 radical (unpaired) electrons. The van der Waals surface area contributed by atoms with E-state index in [1.54, 1.807) is 29.3 Å². The van der Waals surface area contributed by atoms with E-state index in [1.165, 1.54) is 0 Å². The Balaban J connectivity index is 1.50. The third-order valence-electron chi connectivity index (χ3n) is 5.12. The van der Waals surface area contributed by atoms with Gasteiger partial charge >= 0.3 is 0 Å². The highest BCUT2D eigenvalue weighted by Crippen LogP contribution is 2.29. The van der Waals surface area contributed by atoms with Crippen molar-refractivity contribution in [2.75, 3.05) is 36.9 Å². The van der Waals surface area contributed by atoms with E-state index in [0.717, 1.165) is 16.9 Å². The molecule has 0 spiro atoms. The van der Waals surface area contributed by atoms with Crippen LogP contribution in [0.1, 0.15) is 10.4 Å². The summed E-state index contributed by atoms with van der Waals surface area (Å²) in [6, 6.07) is 14.9. The number of aromatic nitrogens is 2. The molecular formula is C25H24ClN5O2. The van der Waals surface area contributed by atoms with Gasteiger partial charge in [-0.25, -0.2) is 9.97 Å². The van der Waals surface area contributed by atoms with Gasteiger partial charge in [-0.3, -0.25) is 4.79 Å². The van der Waals surface area contributed by atoms with Gasteiger partial charge in [0.1, 0.15) is 0 Å². The van der Waals surface area contributed by atoms with Crippen LogP contribution in [0.4, 0.5) is 17.3 Å². The van der Waals surface area contributed by atoms with Crippen molar-refractivity contribution < 1.29 is 9.53 Å². The van der Waals surface area contributed by atoms with E-state index in [2.05, 4.69) is 33.8 Å². The van der Waals surface area contributed by atoms with Gasteiger partial charge in [-0.2, -0.15) is 0 Å². The van der Waals surface area contributed by atoms with Gasteiger partial charge in [0.15, 0.2) is 0 Å². The number of hydrogen-bond acceptors (Lipinski definition) is 6. The molecule has 1 amide bonds. The fraction of sp³-hybridized carbons (Fsp3) is 0.160. The van der Waals surface area contributed by atoms with Crippen LogP contribution in [0.2, 0.25) is 5.02 Å². The van der Waals surface area contributed by atoms with Crippen LogP contribution in [0.15, 0.2) is 79.7 Å². The van der Waals surface area contributed by atoms with E-state index >= 15 is 0 Å². The predicted octanol–water partition coefficient (Wildman–Crippen LogP) is 5.12. The van der Waals surface area contributed by atoms with E-state index in [9.17, 15) is 4.79 Å². The normalized spacial score (nSPS) is 13.3. The molecule has 0 atom stereocenters. The van der Waals surface area contributed by atoms with Gasteiger partial charge in [0.05, 0.1) is 30.1 Å². The summed E-state index contributed by atoms with van der Waals surface area (Å²) in [6.07, 6.45) is 3.21. The Bertz CT molecular complexity index is 1170. The molecule has 1 fully saturated rings. The van der Waals surface area contributed by atoms with Gasteiger partial charge in [-0.05, 0) is 42.5 Å². The molecule has 168 valence electrons. The lowest BCUT2D eigenvalue weighted by Gasteiger charge is -2.26. The van der Waals surface area contributed by atoms with Crippen molar-refractivity contribution in [2.45, 2.75) is 0 Å². The summed E-state index contributed by atoms with van der Waals surface area (Å²) in [5.74, 6) is 0.401. The zero-order valence-electron chi connectivity index (χ0n) is 18.1. The van der Waals surface area contributed by atoms with E-state index in [1.807, 2.05) is 36.4 Å². The molecule has 0 unspecified atom stereocenters. The largest absolute Gasteiger partial charge is 0.378 e. The highest BCUT2D eigenvalue weighted by Gasteiger charge is 2.18. The SMILES string of the molecule is C=CC(=C)Nc1cccc(-c2nc(Nc3ccc(C(=O)N4CCOCC4)cc3)ncc2Cl)c1. The summed E-state index contributed by atoms with van der Waals surface area (Å²) in [5.41, 5.74) is 4.37. The summed E-state index contributed by atoms with van der Waals surface area (Å²) in [5, 5.41) is 6.77. The number of anilines is 3. The van der Waals surface area contributed by atoms with Crippen LogP contribution in [-0.2, 0) is 4.74 Å². The number of carbonyl (C=O) groups excluding carboxylic acids is 1. The lowest BCUT2D eigenvalue weighted by Crippen LogP contribution is -2.40. The van der Waals surface area contributed by atoms with E-state index in [4.69, 9.17) is 16.3 Å². The molecule has 1 aliphatic rings. The van der Waals surface area contributed by atoms with Crippen LogP contribution in [-0.4, -0.2) is 47.1 Å². The second-order valence-electron chi connectivity index (χ2n) is 7.43. The monoisotopic (exact) mass is 461 g/mol.